The number of aryl methyl sites for hydroxylation is 1. The van der Waals surface area contributed by atoms with Crippen LogP contribution in [0.2, 0.25) is 0 Å². The summed E-state index contributed by atoms with van der Waals surface area (Å²) in [6, 6.07) is 3.77. The van der Waals surface area contributed by atoms with Crippen molar-refractivity contribution < 1.29 is 21.1 Å². The zero-order valence-electron chi connectivity index (χ0n) is 4.44. The van der Waals surface area contributed by atoms with Gasteiger partial charge in [0.1, 0.15) is 0 Å². The van der Waals surface area contributed by atoms with Gasteiger partial charge in [-0.25, -0.2) is 0 Å². The van der Waals surface area contributed by atoms with Crippen LogP contribution in [0.15, 0.2) is 18.3 Å². The van der Waals surface area contributed by atoms with Gasteiger partial charge in [0.2, 0.25) is 0 Å². The van der Waals surface area contributed by atoms with Crippen LogP contribution < -0.4 is 0 Å². The summed E-state index contributed by atoms with van der Waals surface area (Å²) in [5.74, 6) is 0. The molecule has 2 nitrogen and oxygen atoms in total. The minimum Gasteiger partial charge on any atom is -0.159 e. The van der Waals surface area contributed by atoms with Crippen LogP contribution in [0.25, 0.3) is 0 Å². The minimum atomic E-state index is 0. The van der Waals surface area contributed by atoms with Gasteiger partial charge >= 0.3 is 0 Å². The Morgan fingerprint density at radius 1 is 1.50 bits per heavy atom. The molecular formula is C5H6N2Pt. The Bertz CT molecular complexity index is 140. The maximum Gasteiger partial charge on any atom is 0.0600 e. The maximum absolute atomic E-state index is 3.73. The summed E-state index contributed by atoms with van der Waals surface area (Å²) in [6.07, 6.45) is 1.66. The van der Waals surface area contributed by atoms with Crippen LogP contribution in [0.4, 0.5) is 0 Å². The average molecular weight is 289 g/mol. The summed E-state index contributed by atoms with van der Waals surface area (Å²) in [4.78, 5) is 0. The van der Waals surface area contributed by atoms with Crippen molar-refractivity contribution in [3.8, 4) is 0 Å². The Hall–Kier alpha value is -0.232. The van der Waals surface area contributed by atoms with Crippen LogP contribution in [-0.2, 0) is 21.1 Å². The minimum absolute atomic E-state index is 0. The molecule has 0 saturated heterocycles. The van der Waals surface area contributed by atoms with E-state index in [9.17, 15) is 0 Å². The Kier molecular flexibility index (Phi) is 3.62. The molecule has 1 rings (SSSR count). The number of aromatic nitrogens is 2. The van der Waals surface area contributed by atoms with Gasteiger partial charge in [-0.3, -0.25) is 0 Å². The number of nitrogens with zero attached hydrogens (tertiary/aromatic N) is 2. The summed E-state index contributed by atoms with van der Waals surface area (Å²) in [5, 5.41) is 7.36. The molecule has 0 fully saturated rings. The largest absolute Gasteiger partial charge is 0.159 e. The maximum atomic E-state index is 3.73. The van der Waals surface area contributed by atoms with Crippen molar-refractivity contribution in [2.75, 3.05) is 0 Å². The van der Waals surface area contributed by atoms with Gasteiger partial charge in [0, 0.05) is 27.3 Å². The number of rotatable bonds is 0. The van der Waals surface area contributed by atoms with Crippen LogP contribution in [0, 0.1) is 6.92 Å². The first-order chi connectivity index (χ1) is 3.39. The first-order valence-corrected chi connectivity index (χ1v) is 2.14. The van der Waals surface area contributed by atoms with E-state index in [-0.39, 0.29) is 21.1 Å². The fraction of sp³-hybridized carbons (Fsp3) is 0.200. The van der Waals surface area contributed by atoms with E-state index in [2.05, 4.69) is 10.2 Å². The van der Waals surface area contributed by atoms with Crippen molar-refractivity contribution in [2.45, 2.75) is 6.92 Å². The molecule has 0 aliphatic rings. The van der Waals surface area contributed by atoms with Crippen LogP contribution in [-0.4, -0.2) is 10.2 Å². The molecule has 0 amide bonds. The monoisotopic (exact) mass is 289 g/mol. The first-order valence-electron chi connectivity index (χ1n) is 2.14. The van der Waals surface area contributed by atoms with E-state index in [0.717, 1.165) is 5.69 Å². The van der Waals surface area contributed by atoms with E-state index >= 15 is 0 Å². The molecule has 0 aliphatic carbocycles. The zero-order valence-corrected chi connectivity index (χ0v) is 6.71. The summed E-state index contributed by atoms with van der Waals surface area (Å²) in [5.41, 5.74) is 0.961. The predicted molar refractivity (Wildman–Crippen MR) is 26.8 cm³/mol. The van der Waals surface area contributed by atoms with Gasteiger partial charge in [0.05, 0.1) is 5.69 Å². The summed E-state index contributed by atoms with van der Waals surface area (Å²) in [6.45, 7) is 1.91. The van der Waals surface area contributed by atoms with Gasteiger partial charge in [0.15, 0.2) is 0 Å². The molecule has 0 aliphatic heterocycles. The quantitative estimate of drug-likeness (QED) is 0.705. The molecule has 0 N–H and O–H groups in total. The Balaban J connectivity index is 0.000000490. The average Bonchev–Trinajstić information content (AvgIpc) is 1.69. The second-order valence-corrected chi connectivity index (χ2v) is 1.37. The van der Waals surface area contributed by atoms with E-state index in [1.807, 2.05) is 19.1 Å². The van der Waals surface area contributed by atoms with Gasteiger partial charge in [-0.1, -0.05) is 0 Å². The topological polar surface area (TPSA) is 25.8 Å². The fourth-order valence-electron chi connectivity index (χ4n) is 0.379. The first kappa shape index (κ1) is 7.77. The summed E-state index contributed by atoms with van der Waals surface area (Å²) < 4.78 is 0. The Morgan fingerprint density at radius 3 is 2.50 bits per heavy atom. The fourth-order valence-corrected chi connectivity index (χ4v) is 0.379. The second-order valence-electron chi connectivity index (χ2n) is 1.37. The Morgan fingerprint density at radius 2 is 2.25 bits per heavy atom. The molecule has 0 aromatic carbocycles. The predicted octanol–water partition coefficient (Wildman–Crippen LogP) is 0.783. The van der Waals surface area contributed by atoms with Crippen molar-refractivity contribution in [2.24, 2.45) is 0 Å². The molecule has 46 valence electrons. The van der Waals surface area contributed by atoms with Crippen LogP contribution >= 0.6 is 0 Å². The van der Waals surface area contributed by atoms with Gasteiger partial charge in [-0.15, -0.1) is 0 Å². The Labute approximate surface area is 62.6 Å². The second kappa shape index (κ2) is 3.73. The van der Waals surface area contributed by atoms with Crippen LogP contribution in [0.1, 0.15) is 5.69 Å². The molecule has 0 radical (unpaired) electrons. The molecule has 1 aromatic rings. The summed E-state index contributed by atoms with van der Waals surface area (Å²) in [7, 11) is 0. The zero-order chi connectivity index (χ0) is 5.11. The van der Waals surface area contributed by atoms with Crippen molar-refractivity contribution in [1.82, 2.24) is 10.2 Å². The third kappa shape index (κ3) is 2.17. The van der Waals surface area contributed by atoms with Gasteiger partial charge < -0.3 is 0 Å². The molecule has 0 unspecified atom stereocenters. The normalized spacial score (nSPS) is 7.62. The number of hydrogen-bond acceptors (Lipinski definition) is 2. The SMILES string of the molecule is Cc1cccnn1.[Pt]. The molecular weight excluding hydrogens is 283 g/mol. The molecule has 1 aromatic heterocycles. The van der Waals surface area contributed by atoms with E-state index in [4.69, 9.17) is 0 Å². The van der Waals surface area contributed by atoms with Gasteiger partial charge in [-0.05, 0) is 19.1 Å². The molecule has 1 heterocycles. The molecule has 8 heavy (non-hydrogen) atoms. The van der Waals surface area contributed by atoms with Crippen molar-refractivity contribution in [3.05, 3.63) is 24.0 Å². The third-order valence-corrected chi connectivity index (χ3v) is 0.706. The van der Waals surface area contributed by atoms with Crippen LogP contribution in [0.3, 0.4) is 0 Å². The molecule has 0 atom stereocenters. The number of hydrogen-bond donors (Lipinski definition) is 0. The van der Waals surface area contributed by atoms with Crippen LogP contribution in [0.5, 0.6) is 0 Å². The molecule has 0 bridgehead atoms. The van der Waals surface area contributed by atoms with Crippen molar-refractivity contribution in [3.63, 3.8) is 0 Å². The van der Waals surface area contributed by atoms with Crippen molar-refractivity contribution in [1.29, 1.82) is 0 Å². The molecule has 0 spiro atoms. The molecule has 3 heteroatoms. The van der Waals surface area contributed by atoms with Gasteiger partial charge in [-0.2, -0.15) is 10.2 Å². The third-order valence-electron chi connectivity index (χ3n) is 0.706. The van der Waals surface area contributed by atoms with E-state index in [0.29, 0.717) is 0 Å². The van der Waals surface area contributed by atoms with E-state index < -0.39 is 0 Å². The smallest absolute Gasteiger partial charge is 0.0600 e. The van der Waals surface area contributed by atoms with Gasteiger partial charge in [0.25, 0.3) is 0 Å². The van der Waals surface area contributed by atoms with Crippen molar-refractivity contribution >= 4 is 0 Å². The molecule has 0 saturated carbocycles. The van der Waals surface area contributed by atoms with E-state index in [1.165, 1.54) is 0 Å². The standard InChI is InChI=1S/C5H6N2.Pt/c1-5-3-2-4-6-7-5;/h2-4H,1H3;. The van der Waals surface area contributed by atoms with E-state index in [1.54, 1.807) is 6.20 Å². The summed E-state index contributed by atoms with van der Waals surface area (Å²) >= 11 is 0.